The number of halogens is 2. The second kappa shape index (κ2) is 6.37. The number of carbonyl (C=O) groups excluding carboxylic acids is 1. The van der Waals surface area contributed by atoms with Crippen molar-refractivity contribution in [3.8, 4) is 0 Å². The van der Waals surface area contributed by atoms with Crippen LogP contribution in [-0.4, -0.2) is 41.1 Å². The van der Waals surface area contributed by atoms with Crippen LogP contribution in [0.3, 0.4) is 0 Å². The van der Waals surface area contributed by atoms with Crippen LogP contribution in [0.5, 0.6) is 0 Å². The van der Waals surface area contributed by atoms with Crippen LogP contribution in [0, 0.1) is 0 Å². The molecule has 0 aliphatic carbocycles. The number of sulfone groups is 1. The van der Waals surface area contributed by atoms with Crippen molar-refractivity contribution in [2.24, 2.45) is 0 Å². The van der Waals surface area contributed by atoms with E-state index in [0.717, 1.165) is 11.8 Å². The fourth-order valence-corrected chi connectivity index (χ4v) is 6.09. The van der Waals surface area contributed by atoms with E-state index in [9.17, 15) is 13.2 Å². The van der Waals surface area contributed by atoms with Gasteiger partial charge in [-0.25, -0.2) is 8.42 Å². The molecule has 23 heavy (non-hydrogen) atoms. The molecular weight excluding hydrogens is 397 g/mol. The molecule has 2 aliphatic rings. The van der Waals surface area contributed by atoms with Gasteiger partial charge in [0.25, 0.3) is 5.91 Å². The first-order valence-electron chi connectivity index (χ1n) is 6.69. The molecule has 4 nitrogen and oxygen atoms in total. The number of thiocarbonyl (C=S) groups is 1. The zero-order valence-corrected chi connectivity index (χ0v) is 15.6. The number of thioether (sulfide) groups is 1. The summed E-state index contributed by atoms with van der Waals surface area (Å²) in [4.78, 5) is 14.4. The molecule has 0 aromatic heterocycles. The Balaban J connectivity index is 1.88. The van der Waals surface area contributed by atoms with E-state index in [1.54, 1.807) is 24.3 Å². The van der Waals surface area contributed by atoms with E-state index >= 15 is 0 Å². The highest BCUT2D eigenvalue weighted by Crippen LogP contribution is 2.37. The van der Waals surface area contributed by atoms with Gasteiger partial charge in [0.1, 0.15) is 4.32 Å². The van der Waals surface area contributed by atoms with Crippen molar-refractivity contribution in [3.05, 3.63) is 38.7 Å². The monoisotopic (exact) mass is 407 g/mol. The van der Waals surface area contributed by atoms with Crippen LogP contribution in [0.15, 0.2) is 23.1 Å². The number of hydrogen-bond acceptors (Lipinski definition) is 5. The minimum absolute atomic E-state index is 0.0333. The molecule has 1 amide bonds. The van der Waals surface area contributed by atoms with Gasteiger partial charge in [0, 0.05) is 10.0 Å². The van der Waals surface area contributed by atoms with Crippen molar-refractivity contribution in [1.29, 1.82) is 0 Å². The van der Waals surface area contributed by atoms with Crippen molar-refractivity contribution < 1.29 is 13.2 Å². The molecule has 9 heteroatoms. The quantitative estimate of drug-likeness (QED) is 0.555. The molecule has 122 valence electrons. The van der Waals surface area contributed by atoms with Gasteiger partial charge in [-0.2, -0.15) is 0 Å². The lowest BCUT2D eigenvalue weighted by atomic mass is 10.2. The molecule has 0 N–H and O–H groups in total. The van der Waals surface area contributed by atoms with E-state index in [1.165, 1.54) is 4.90 Å². The van der Waals surface area contributed by atoms with E-state index < -0.39 is 9.84 Å². The largest absolute Gasteiger partial charge is 0.289 e. The maximum Gasteiger partial charge on any atom is 0.266 e. The molecule has 2 aliphatic heterocycles. The van der Waals surface area contributed by atoms with Crippen LogP contribution in [0.25, 0.3) is 6.08 Å². The first-order chi connectivity index (χ1) is 10.8. The third kappa shape index (κ3) is 3.58. The summed E-state index contributed by atoms with van der Waals surface area (Å²) in [5, 5.41) is 0.946. The SMILES string of the molecule is O=C1C(=Cc2ccc(Cl)cc2Cl)SC(=S)N1C1CCS(=O)(=O)C1. The molecule has 2 saturated heterocycles. The highest BCUT2D eigenvalue weighted by molar-refractivity contribution is 8.26. The van der Waals surface area contributed by atoms with Crippen molar-refractivity contribution in [3.63, 3.8) is 0 Å². The number of hydrogen-bond donors (Lipinski definition) is 0. The van der Waals surface area contributed by atoms with Crippen molar-refractivity contribution >= 4 is 73.3 Å². The number of rotatable bonds is 2. The average molecular weight is 408 g/mol. The standard InChI is InChI=1S/C14H11Cl2NO3S3/c15-9-2-1-8(11(16)6-9)5-12-13(18)17(14(21)22-12)10-3-4-23(19,20)7-10/h1-2,5-6,10H,3-4,7H2. The molecule has 2 fully saturated rings. The Kier molecular flexibility index (Phi) is 4.77. The summed E-state index contributed by atoms with van der Waals surface area (Å²) in [7, 11) is -3.09. The normalized spacial score (nSPS) is 25.6. The minimum Gasteiger partial charge on any atom is -0.289 e. The molecular formula is C14H11Cl2NO3S3. The average Bonchev–Trinajstić information content (AvgIpc) is 2.93. The Morgan fingerprint density at radius 3 is 2.70 bits per heavy atom. The Bertz CT molecular complexity index is 836. The van der Waals surface area contributed by atoms with Gasteiger partial charge in [-0.1, -0.05) is 53.2 Å². The van der Waals surface area contributed by atoms with E-state index in [-0.39, 0.29) is 23.5 Å². The predicted molar refractivity (Wildman–Crippen MR) is 98.5 cm³/mol. The zero-order chi connectivity index (χ0) is 16.8. The Morgan fingerprint density at radius 2 is 2.09 bits per heavy atom. The third-order valence-corrected chi connectivity index (χ3v) is 7.29. The van der Waals surface area contributed by atoms with Crippen LogP contribution in [0.2, 0.25) is 10.0 Å². The number of carbonyl (C=O) groups is 1. The minimum atomic E-state index is -3.09. The van der Waals surface area contributed by atoms with Crippen LogP contribution >= 0.6 is 47.2 Å². The molecule has 1 aromatic carbocycles. The van der Waals surface area contributed by atoms with Gasteiger partial charge in [0.2, 0.25) is 0 Å². The Labute approximate surface area is 153 Å². The van der Waals surface area contributed by atoms with E-state index in [0.29, 0.717) is 31.3 Å². The van der Waals surface area contributed by atoms with Crippen molar-refractivity contribution in [1.82, 2.24) is 4.90 Å². The van der Waals surface area contributed by atoms with Gasteiger partial charge in [0.05, 0.1) is 22.5 Å². The lowest BCUT2D eigenvalue weighted by molar-refractivity contribution is -0.123. The van der Waals surface area contributed by atoms with Gasteiger partial charge in [-0.15, -0.1) is 0 Å². The van der Waals surface area contributed by atoms with Crippen LogP contribution in [0.1, 0.15) is 12.0 Å². The van der Waals surface area contributed by atoms with Crippen molar-refractivity contribution in [2.75, 3.05) is 11.5 Å². The fraction of sp³-hybridized carbons (Fsp3) is 0.286. The molecule has 0 saturated carbocycles. The van der Waals surface area contributed by atoms with Crippen molar-refractivity contribution in [2.45, 2.75) is 12.5 Å². The van der Waals surface area contributed by atoms with Gasteiger partial charge in [0.15, 0.2) is 9.84 Å². The summed E-state index contributed by atoms with van der Waals surface area (Å²) in [6, 6.07) is 4.62. The summed E-state index contributed by atoms with van der Waals surface area (Å²) >= 11 is 18.4. The molecule has 1 atom stereocenters. The maximum atomic E-state index is 12.6. The summed E-state index contributed by atoms with van der Waals surface area (Å²) < 4.78 is 23.6. The fourth-order valence-electron chi connectivity index (χ4n) is 2.53. The van der Waals surface area contributed by atoms with E-state index in [1.807, 2.05) is 0 Å². The predicted octanol–water partition coefficient (Wildman–Crippen LogP) is 3.38. The van der Waals surface area contributed by atoms with Gasteiger partial charge in [-0.05, 0) is 30.2 Å². The molecule has 3 rings (SSSR count). The number of amides is 1. The lowest BCUT2D eigenvalue weighted by Gasteiger charge is -2.20. The van der Waals surface area contributed by atoms with Crippen LogP contribution in [0.4, 0.5) is 0 Å². The zero-order valence-electron chi connectivity index (χ0n) is 11.7. The molecule has 0 bridgehead atoms. The molecule has 2 heterocycles. The lowest BCUT2D eigenvalue weighted by Crippen LogP contribution is -2.39. The van der Waals surface area contributed by atoms with E-state index in [2.05, 4.69) is 0 Å². The molecule has 0 radical (unpaired) electrons. The number of nitrogens with zero attached hydrogens (tertiary/aromatic N) is 1. The maximum absolute atomic E-state index is 12.6. The Hall–Kier alpha value is -0.600. The summed E-state index contributed by atoms with van der Waals surface area (Å²) in [5.74, 6) is -0.210. The van der Waals surface area contributed by atoms with Gasteiger partial charge < -0.3 is 0 Å². The van der Waals surface area contributed by atoms with Crippen LogP contribution in [-0.2, 0) is 14.6 Å². The first kappa shape index (κ1) is 17.2. The summed E-state index contributed by atoms with van der Waals surface area (Å²) in [5.41, 5.74) is 0.663. The second-order valence-electron chi connectivity index (χ2n) is 5.27. The Morgan fingerprint density at radius 1 is 1.35 bits per heavy atom. The van der Waals surface area contributed by atoms with E-state index in [4.69, 9.17) is 35.4 Å². The molecule has 1 aromatic rings. The van der Waals surface area contributed by atoms with Gasteiger partial charge >= 0.3 is 0 Å². The highest BCUT2D eigenvalue weighted by Gasteiger charge is 2.42. The number of benzene rings is 1. The highest BCUT2D eigenvalue weighted by atomic mass is 35.5. The second-order valence-corrected chi connectivity index (χ2v) is 10.0. The summed E-state index contributed by atoms with van der Waals surface area (Å²) in [6.07, 6.45) is 2.07. The van der Waals surface area contributed by atoms with Gasteiger partial charge in [-0.3, -0.25) is 9.69 Å². The first-order valence-corrected chi connectivity index (χ1v) is 10.5. The molecule has 0 spiro atoms. The topological polar surface area (TPSA) is 54.5 Å². The summed E-state index contributed by atoms with van der Waals surface area (Å²) in [6.45, 7) is 0. The smallest absolute Gasteiger partial charge is 0.266 e. The molecule has 1 unspecified atom stereocenters. The van der Waals surface area contributed by atoms with Crippen LogP contribution < -0.4 is 0 Å². The third-order valence-electron chi connectivity index (χ3n) is 3.65.